The first kappa shape index (κ1) is 15.7. The summed E-state index contributed by atoms with van der Waals surface area (Å²) in [6, 6.07) is 17.1. The van der Waals surface area contributed by atoms with E-state index in [0.29, 0.717) is 6.04 Å². The number of nitrogens with zero attached hydrogens (tertiary/aromatic N) is 1. The largest absolute Gasteiger partial charge is 0.461 e. The summed E-state index contributed by atoms with van der Waals surface area (Å²) < 4.78 is 6.02. The third-order valence-electron chi connectivity index (χ3n) is 5.09. The van der Waals surface area contributed by atoms with Crippen molar-refractivity contribution in [2.45, 2.75) is 32.2 Å². The lowest BCUT2D eigenvalue weighted by Gasteiger charge is -2.19. The predicted molar refractivity (Wildman–Crippen MR) is 101 cm³/mol. The van der Waals surface area contributed by atoms with Crippen LogP contribution in [0.2, 0.25) is 5.02 Å². The minimum absolute atomic E-state index is 0.709. The lowest BCUT2D eigenvalue weighted by molar-refractivity contribution is 0.266. The zero-order valence-corrected chi connectivity index (χ0v) is 14.7. The topological polar surface area (TPSA) is 16.4 Å². The minimum Gasteiger partial charge on any atom is -0.461 e. The maximum atomic E-state index is 6.32. The van der Waals surface area contributed by atoms with Crippen LogP contribution < -0.4 is 0 Å². The van der Waals surface area contributed by atoms with Gasteiger partial charge < -0.3 is 9.32 Å². The highest BCUT2D eigenvalue weighted by Gasteiger charge is 2.20. The van der Waals surface area contributed by atoms with E-state index in [9.17, 15) is 0 Å². The highest BCUT2D eigenvalue weighted by atomic mass is 35.5. The van der Waals surface area contributed by atoms with Gasteiger partial charge in [0.15, 0.2) is 0 Å². The quantitative estimate of drug-likeness (QED) is 0.599. The van der Waals surface area contributed by atoms with Gasteiger partial charge in [-0.1, -0.05) is 35.9 Å². The van der Waals surface area contributed by atoms with Crippen LogP contribution >= 0.6 is 11.6 Å². The van der Waals surface area contributed by atoms with Gasteiger partial charge in [-0.25, -0.2) is 0 Å². The van der Waals surface area contributed by atoms with E-state index in [4.69, 9.17) is 16.0 Å². The molecule has 0 bridgehead atoms. The molecule has 0 saturated carbocycles. The minimum atomic E-state index is 0.709. The fourth-order valence-corrected chi connectivity index (χ4v) is 3.91. The number of likely N-dealkylation sites (tertiary alicyclic amines) is 1. The average molecular weight is 340 g/mol. The van der Waals surface area contributed by atoms with Crippen LogP contribution in [0.15, 0.2) is 52.9 Å². The van der Waals surface area contributed by atoms with Crippen LogP contribution in [0, 0.1) is 0 Å². The molecule has 3 aromatic rings. The molecule has 0 aliphatic carbocycles. The summed E-state index contributed by atoms with van der Waals surface area (Å²) in [5, 5.41) is 1.93. The Morgan fingerprint density at radius 2 is 2.04 bits per heavy atom. The van der Waals surface area contributed by atoms with Gasteiger partial charge in [-0.2, -0.15) is 0 Å². The Labute approximate surface area is 148 Å². The second kappa shape index (κ2) is 6.62. The van der Waals surface area contributed by atoms with Crippen LogP contribution in [-0.2, 0) is 6.42 Å². The predicted octanol–water partition coefficient (Wildman–Crippen LogP) is 5.78. The van der Waals surface area contributed by atoms with Crippen LogP contribution in [-0.4, -0.2) is 24.0 Å². The molecule has 3 heteroatoms. The maximum absolute atomic E-state index is 6.32. The van der Waals surface area contributed by atoms with Gasteiger partial charge in [0, 0.05) is 35.0 Å². The van der Waals surface area contributed by atoms with E-state index in [1.807, 2.05) is 18.2 Å². The first-order valence-electron chi connectivity index (χ1n) is 8.72. The Morgan fingerprint density at radius 1 is 1.17 bits per heavy atom. The van der Waals surface area contributed by atoms with Crippen molar-refractivity contribution < 1.29 is 4.42 Å². The first-order chi connectivity index (χ1) is 11.7. The van der Waals surface area contributed by atoms with Crippen LogP contribution in [0.25, 0.3) is 22.1 Å². The van der Waals surface area contributed by atoms with Gasteiger partial charge in [0.05, 0.1) is 0 Å². The van der Waals surface area contributed by atoms with E-state index in [2.05, 4.69) is 42.2 Å². The molecule has 0 unspecified atom stereocenters. The molecule has 1 atom stereocenters. The molecular formula is C21H22ClNO. The van der Waals surface area contributed by atoms with Gasteiger partial charge >= 0.3 is 0 Å². The molecule has 1 fully saturated rings. The van der Waals surface area contributed by atoms with Crippen molar-refractivity contribution in [3.8, 4) is 11.1 Å². The SMILES string of the molecule is C[C@@H]1CCCN1CCc1cc2cc(-c3ccccc3Cl)ccc2o1. The summed E-state index contributed by atoms with van der Waals surface area (Å²) in [5.41, 5.74) is 3.15. The number of furan rings is 1. The second-order valence-corrected chi connectivity index (χ2v) is 7.13. The standard InChI is InChI=1S/C21H22ClNO/c1-15-5-4-11-23(15)12-10-18-14-17-13-16(8-9-21(17)24-18)19-6-2-3-7-20(19)22/h2-3,6-9,13-15H,4-5,10-12H2,1H3/t15-/m1/s1. The van der Waals surface area contributed by atoms with Crippen LogP contribution in [0.3, 0.4) is 0 Å². The number of benzene rings is 2. The average Bonchev–Trinajstić information content (AvgIpc) is 3.18. The normalized spacial score (nSPS) is 18.5. The van der Waals surface area contributed by atoms with Crippen LogP contribution in [0.5, 0.6) is 0 Å². The Balaban J connectivity index is 1.56. The molecular weight excluding hydrogens is 318 g/mol. The van der Waals surface area contributed by atoms with Crippen molar-refractivity contribution in [3.05, 3.63) is 59.3 Å². The summed E-state index contributed by atoms with van der Waals surface area (Å²) >= 11 is 6.32. The molecule has 0 N–H and O–H groups in total. The smallest absolute Gasteiger partial charge is 0.134 e. The first-order valence-corrected chi connectivity index (χ1v) is 9.10. The van der Waals surface area contributed by atoms with Crippen molar-refractivity contribution in [1.29, 1.82) is 0 Å². The highest BCUT2D eigenvalue weighted by Crippen LogP contribution is 2.31. The molecule has 2 aromatic carbocycles. The van der Waals surface area contributed by atoms with Crippen LogP contribution in [0.1, 0.15) is 25.5 Å². The number of halogens is 1. The van der Waals surface area contributed by atoms with Crippen molar-refractivity contribution in [2.24, 2.45) is 0 Å². The molecule has 2 nitrogen and oxygen atoms in total. The summed E-state index contributed by atoms with van der Waals surface area (Å²) in [6.07, 6.45) is 3.62. The lowest BCUT2D eigenvalue weighted by atomic mass is 10.0. The molecule has 4 rings (SSSR count). The summed E-state index contributed by atoms with van der Waals surface area (Å²) in [5.74, 6) is 1.07. The van der Waals surface area contributed by atoms with Crippen LogP contribution in [0.4, 0.5) is 0 Å². The van der Waals surface area contributed by atoms with Gasteiger partial charge in [-0.15, -0.1) is 0 Å². The Bertz CT molecular complexity index is 854. The molecule has 0 radical (unpaired) electrons. The monoisotopic (exact) mass is 339 g/mol. The van der Waals surface area contributed by atoms with E-state index in [1.165, 1.54) is 19.4 Å². The summed E-state index contributed by atoms with van der Waals surface area (Å²) in [4.78, 5) is 2.56. The van der Waals surface area contributed by atoms with Crippen molar-refractivity contribution in [3.63, 3.8) is 0 Å². The van der Waals surface area contributed by atoms with Crippen molar-refractivity contribution in [1.82, 2.24) is 4.90 Å². The fraction of sp³-hybridized carbons (Fsp3) is 0.333. The molecule has 1 aliphatic rings. The third-order valence-corrected chi connectivity index (χ3v) is 5.42. The van der Waals surface area contributed by atoms with Crippen molar-refractivity contribution >= 4 is 22.6 Å². The molecule has 1 aromatic heterocycles. The fourth-order valence-electron chi connectivity index (χ4n) is 3.66. The van der Waals surface area contributed by atoms with E-state index in [1.54, 1.807) is 0 Å². The summed E-state index contributed by atoms with van der Waals surface area (Å²) in [7, 11) is 0. The number of hydrogen-bond donors (Lipinski definition) is 0. The highest BCUT2D eigenvalue weighted by molar-refractivity contribution is 6.33. The number of fused-ring (bicyclic) bond motifs is 1. The Morgan fingerprint density at radius 3 is 2.83 bits per heavy atom. The zero-order valence-electron chi connectivity index (χ0n) is 14.0. The zero-order chi connectivity index (χ0) is 16.5. The van der Waals surface area contributed by atoms with Gasteiger partial charge in [0.2, 0.25) is 0 Å². The van der Waals surface area contributed by atoms with E-state index in [-0.39, 0.29) is 0 Å². The lowest BCUT2D eigenvalue weighted by Crippen LogP contribution is -2.28. The molecule has 2 heterocycles. The number of hydrogen-bond acceptors (Lipinski definition) is 2. The molecule has 1 saturated heterocycles. The van der Waals surface area contributed by atoms with E-state index < -0.39 is 0 Å². The molecule has 0 amide bonds. The Hall–Kier alpha value is -1.77. The van der Waals surface area contributed by atoms with Gasteiger partial charge in [-0.05, 0) is 56.1 Å². The van der Waals surface area contributed by atoms with E-state index >= 15 is 0 Å². The van der Waals surface area contributed by atoms with Gasteiger partial charge in [0.1, 0.15) is 11.3 Å². The van der Waals surface area contributed by atoms with Crippen molar-refractivity contribution in [2.75, 3.05) is 13.1 Å². The molecule has 1 aliphatic heterocycles. The second-order valence-electron chi connectivity index (χ2n) is 6.72. The Kier molecular flexibility index (Phi) is 4.34. The molecule has 24 heavy (non-hydrogen) atoms. The maximum Gasteiger partial charge on any atom is 0.134 e. The van der Waals surface area contributed by atoms with E-state index in [0.717, 1.165) is 45.8 Å². The number of rotatable bonds is 4. The summed E-state index contributed by atoms with van der Waals surface area (Å²) in [6.45, 7) is 4.62. The molecule has 0 spiro atoms. The third kappa shape index (κ3) is 3.09. The molecule has 124 valence electrons. The van der Waals surface area contributed by atoms with Gasteiger partial charge in [0.25, 0.3) is 0 Å². The van der Waals surface area contributed by atoms with Gasteiger partial charge in [-0.3, -0.25) is 0 Å².